The van der Waals surface area contributed by atoms with Gasteiger partial charge in [-0.1, -0.05) is 18.5 Å². The lowest BCUT2D eigenvalue weighted by atomic mass is 10.2. The summed E-state index contributed by atoms with van der Waals surface area (Å²) in [6.07, 6.45) is 0.763. The lowest BCUT2D eigenvalue weighted by molar-refractivity contribution is 0.453. The molecule has 2 N–H and O–H groups in total. The van der Waals surface area contributed by atoms with Crippen molar-refractivity contribution in [2.24, 2.45) is 5.73 Å². The lowest BCUT2D eigenvalue weighted by Crippen LogP contribution is -2.08. The summed E-state index contributed by atoms with van der Waals surface area (Å²) in [6, 6.07) is -0.207. The molecule has 2 aromatic heterocycles. The molecule has 0 aliphatic heterocycles. The van der Waals surface area contributed by atoms with Crippen molar-refractivity contribution in [1.29, 1.82) is 0 Å². The Morgan fingerprint density at radius 1 is 1.56 bits per heavy atom. The van der Waals surface area contributed by atoms with Gasteiger partial charge < -0.3 is 10.2 Å². The number of halogens is 1. The zero-order chi connectivity index (χ0) is 11.7. The molecule has 6 heteroatoms. The molecule has 1 atom stereocenters. The predicted molar refractivity (Wildman–Crippen MR) is 64.6 cm³/mol. The van der Waals surface area contributed by atoms with Gasteiger partial charge in [0.2, 0.25) is 5.89 Å². The average Bonchev–Trinajstić information content (AvgIpc) is 2.87. The number of aromatic nitrogens is 2. The van der Waals surface area contributed by atoms with Gasteiger partial charge in [-0.15, -0.1) is 21.5 Å². The summed E-state index contributed by atoms with van der Waals surface area (Å²) in [7, 11) is 0. The highest BCUT2D eigenvalue weighted by Gasteiger charge is 2.17. The Balaban J connectivity index is 2.35. The summed E-state index contributed by atoms with van der Waals surface area (Å²) in [5, 5.41) is 10.5. The predicted octanol–water partition coefficient (Wildman–Crippen LogP) is 3.17. The smallest absolute Gasteiger partial charge is 0.259 e. The van der Waals surface area contributed by atoms with E-state index in [4.69, 9.17) is 21.8 Å². The third-order valence-corrected chi connectivity index (χ3v) is 3.98. The van der Waals surface area contributed by atoms with Crippen LogP contribution in [0.3, 0.4) is 0 Å². The summed E-state index contributed by atoms with van der Waals surface area (Å²) in [5.41, 5.74) is 6.82. The van der Waals surface area contributed by atoms with Crippen LogP contribution in [0.5, 0.6) is 0 Å². The van der Waals surface area contributed by atoms with E-state index in [9.17, 15) is 0 Å². The highest BCUT2D eigenvalue weighted by atomic mass is 35.5. The Morgan fingerprint density at radius 3 is 2.88 bits per heavy atom. The lowest BCUT2D eigenvalue weighted by Gasteiger charge is -1.99. The summed E-state index contributed by atoms with van der Waals surface area (Å²) < 4.78 is 5.50. The number of nitrogens with two attached hydrogens (primary N) is 1. The van der Waals surface area contributed by atoms with Crippen molar-refractivity contribution < 1.29 is 4.42 Å². The van der Waals surface area contributed by atoms with Crippen LogP contribution < -0.4 is 5.73 Å². The second-order valence-corrected chi connectivity index (χ2v) is 4.78. The first-order valence-electron chi connectivity index (χ1n) is 4.96. The normalized spacial score (nSPS) is 13.0. The number of aryl methyl sites for hydroxylation is 1. The largest absolute Gasteiger partial charge is 0.418 e. The second-order valence-electron chi connectivity index (χ2n) is 3.52. The van der Waals surface area contributed by atoms with Crippen LogP contribution in [0.2, 0.25) is 5.02 Å². The van der Waals surface area contributed by atoms with Gasteiger partial charge in [-0.2, -0.15) is 0 Å². The van der Waals surface area contributed by atoms with Crippen molar-refractivity contribution in [3.05, 3.63) is 21.9 Å². The molecule has 2 heterocycles. The van der Waals surface area contributed by atoms with E-state index in [-0.39, 0.29) is 6.04 Å². The number of nitrogens with zero attached hydrogens (tertiary/aromatic N) is 2. The van der Waals surface area contributed by atoms with Crippen molar-refractivity contribution in [3.63, 3.8) is 0 Å². The Bertz CT molecular complexity index is 494. The van der Waals surface area contributed by atoms with Gasteiger partial charge in [0.05, 0.1) is 11.1 Å². The van der Waals surface area contributed by atoms with Crippen LogP contribution in [0.1, 0.15) is 30.8 Å². The van der Waals surface area contributed by atoms with Crippen molar-refractivity contribution in [2.45, 2.75) is 26.3 Å². The Morgan fingerprint density at radius 2 is 2.31 bits per heavy atom. The molecule has 86 valence electrons. The fourth-order valence-electron chi connectivity index (χ4n) is 1.22. The first-order valence-corrected chi connectivity index (χ1v) is 6.22. The van der Waals surface area contributed by atoms with Crippen LogP contribution in [0.25, 0.3) is 10.8 Å². The first-order chi connectivity index (χ1) is 7.63. The van der Waals surface area contributed by atoms with Gasteiger partial charge >= 0.3 is 0 Å². The molecule has 0 aliphatic rings. The van der Waals surface area contributed by atoms with E-state index in [1.165, 1.54) is 11.3 Å². The molecule has 0 bridgehead atoms. The SMILES string of the molecule is CCC(N)c1nnc(-c2scc(C)c2Cl)o1. The van der Waals surface area contributed by atoms with E-state index in [1.807, 2.05) is 19.2 Å². The monoisotopic (exact) mass is 257 g/mol. The summed E-state index contributed by atoms with van der Waals surface area (Å²) >= 11 is 7.61. The van der Waals surface area contributed by atoms with Crippen molar-refractivity contribution in [3.8, 4) is 10.8 Å². The molecular weight excluding hydrogens is 246 g/mol. The van der Waals surface area contributed by atoms with Gasteiger partial charge in [0.1, 0.15) is 4.88 Å². The van der Waals surface area contributed by atoms with Crippen molar-refractivity contribution >= 4 is 22.9 Å². The minimum Gasteiger partial charge on any atom is -0.418 e. The average molecular weight is 258 g/mol. The van der Waals surface area contributed by atoms with Crippen LogP contribution in [-0.4, -0.2) is 10.2 Å². The fourth-order valence-corrected chi connectivity index (χ4v) is 2.42. The van der Waals surface area contributed by atoms with Crippen molar-refractivity contribution in [2.75, 3.05) is 0 Å². The van der Waals surface area contributed by atoms with E-state index >= 15 is 0 Å². The van der Waals surface area contributed by atoms with Gasteiger partial charge in [-0.3, -0.25) is 0 Å². The minimum absolute atomic E-state index is 0.207. The van der Waals surface area contributed by atoms with Crippen LogP contribution in [-0.2, 0) is 0 Å². The molecule has 0 saturated carbocycles. The van der Waals surface area contributed by atoms with Crippen LogP contribution in [0, 0.1) is 6.92 Å². The Hall–Kier alpha value is -0.910. The highest BCUT2D eigenvalue weighted by Crippen LogP contribution is 2.35. The highest BCUT2D eigenvalue weighted by molar-refractivity contribution is 7.14. The number of rotatable bonds is 3. The van der Waals surface area contributed by atoms with Gasteiger partial charge in [0.25, 0.3) is 5.89 Å². The molecule has 2 aromatic rings. The molecule has 4 nitrogen and oxygen atoms in total. The molecule has 0 spiro atoms. The Kier molecular flexibility index (Phi) is 3.28. The molecule has 0 aliphatic carbocycles. The van der Waals surface area contributed by atoms with Gasteiger partial charge in [-0.05, 0) is 24.3 Å². The molecule has 0 aromatic carbocycles. The number of hydrogen-bond donors (Lipinski definition) is 1. The zero-order valence-electron chi connectivity index (χ0n) is 9.03. The summed E-state index contributed by atoms with van der Waals surface area (Å²) in [5.74, 6) is 0.904. The molecule has 0 fully saturated rings. The quantitative estimate of drug-likeness (QED) is 0.917. The fraction of sp³-hybridized carbons (Fsp3) is 0.400. The standard InChI is InChI=1S/C10H12ClN3OS/c1-3-6(12)9-13-14-10(15-9)8-7(11)5(2)4-16-8/h4,6H,3,12H2,1-2H3. The summed E-state index contributed by atoms with van der Waals surface area (Å²) in [6.45, 7) is 3.91. The Labute approximate surface area is 102 Å². The van der Waals surface area contributed by atoms with Crippen LogP contribution >= 0.6 is 22.9 Å². The molecule has 0 amide bonds. The van der Waals surface area contributed by atoms with Crippen LogP contribution in [0.15, 0.2) is 9.80 Å². The molecule has 16 heavy (non-hydrogen) atoms. The third-order valence-electron chi connectivity index (χ3n) is 2.29. The molecule has 0 saturated heterocycles. The number of thiophene rings is 1. The summed E-state index contributed by atoms with van der Waals surface area (Å²) in [4.78, 5) is 0.807. The molecule has 1 unspecified atom stereocenters. The van der Waals surface area contributed by atoms with E-state index in [2.05, 4.69) is 10.2 Å². The van der Waals surface area contributed by atoms with E-state index in [1.54, 1.807) is 0 Å². The van der Waals surface area contributed by atoms with Gasteiger partial charge in [0.15, 0.2) is 0 Å². The molecule has 2 rings (SSSR count). The van der Waals surface area contributed by atoms with E-state index < -0.39 is 0 Å². The number of hydrogen-bond acceptors (Lipinski definition) is 5. The van der Waals surface area contributed by atoms with Gasteiger partial charge in [0, 0.05) is 0 Å². The molecule has 0 radical (unpaired) electrons. The molecular formula is C10H12ClN3OS. The maximum atomic E-state index is 6.12. The van der Waals surface area contributed by atoms with E-state index in [0.717, 1.165) is 16.9 Å². The van der Waals surface area contributed by atoms with Gasteiger partial charge in [-0.25, -0.2) is 0 Å². The van der Waals surface area contributed by atoms with Crippen molar-refractivity contribution in [1.82, 2.24) is 10.2 Å². The maximum absolute atomic E-state index is 6.12. The zero-order valence-corrected chi connectivity index (χ0v) is 10.6. The second kappa shape index (κ2) is 4.53. The third kappa shape index (κ3) is 1.98. The first kappa shape index (κ1) is 11.6. The van der Waals surface area contributed by atoms with E-state index in [0.29, 0.717) is 16.8 Å². The van der Waals surface area contributed by atoms with Crippen LogP contribution in [0.4, 0.5) is 0 Å². The topological polar surface area (TPSA) is 64.9 Å². The minimum atomic E-state index is -0.207. The maximum Gasteiger partial charge on any atom is 0.259 e.